The molecule has 0 aliphatic heterocycles. The molecule has 1 rings (SSSR count). The van der Waals surface area contributed by atoms with E-state index < -0.39 is 4.92 Å². The Hall–Kier alpha value is -2.37. The van der Waals surface area contributed by atoms with Crippen molar-refractivity contribution in [1.29, 1.82) is 0 Å². The number of nitro groups is 1. The van der Waals surface area contributed by atoms with Crippen LogP contribution in [0.4, 0.5) is 11.4 Å². The fourth-order valence-corrected chi connectivity index (χ4v) is 2.38. The molecule has 0 bridgehead atoms. The Bertz CT molecular complexity index is 647. The molecule has 0 fully saturated rings. The lowest BCUT2D eigenvalue weighted by Crippen LogP contribution is -2.38. The van der Waals surface area contributed by atoms with Crippen LogP contribution < -0.4 is 4.90 Å². The van der Waals surface area contributed by atoms with Gasteiger partial charge < -0.3 is 9.64 Å². The van der Waals surface area contributed by atoms with E-state index in [0.717, 1.165) is 5.57 Å². The van der Waals surface area contributed by atoms with Crippen LogP contribution in [0.25, 0.3) is 0 Å². The van der Waals surface area contributed by atoms with Crippen LogP contribution in [0.2, 0.25) is 0 Å². The highest BCUT2D eigenvalue weighted by Gasteiger charge is 2.27. The van der Waals surface area contributed by atoms with Gasteiger partial charge in [0.05, 0.1) is 18.5 Å². The van der Waals surface area contributed by atoms with Gasteiger partial charge in [-0.05, 0) is 39.3 Å². The van der Waals surface area contributed by atoms with Crippen molar-refractivity contribution < 1.29 is 14.5 Å². The van der Waals surface area contributed by atoms with Gasteiger partial charge in [-0.25, -0.2) is 0 Å². The van der Waals surface area contributed by atoms with Gasteiger partial charge in [-0.2, -0.15) is 0 Å². The number of ether oxygens (including phenoxy) is 1. The Morgan fingerprint density at radius 1 is 1.42 bits per heavy atom. The number of carbonyl (C=O) groups is 1. The summed E-state index contributed by atoms with van der Waals surface area (Å²) >= 11 is 0. The zero-order valence-corrected chi connectivity index (χ0v) is 15.3. The first-order valence-electron chi connectivity index (χ1n) is 7.73. The minimum absolute atomic E-state index is 0.0149. The van der Waals surface area contributed by atoms with Gasteiger partial charge in [0, 0.05) is 24.6 Å². The predicted octanol–water partition coefficient (Wildman–Crippen LogP) is 4.05. The summed E-state index contributed by atoms with van der Waals surface area (Å²) in [4.78, 5) is 24.6. The maximum atomic E-state index is 11.6. The van der Waals surface area contributed by atoms with E-state index in [2.05, 4.69) is 6.58 Å². The van der Waals surface area contributed by atoms with Crippen LogP contribution in [-0.4, -0.2) is 30.6 Å². The number of hydrogen-bond acceptors (Lipinski definition) is 5. The molecule has 1 aromatic rings. The number of methoxy groups -OCH3 is 1. The molecule has 132 valence electrons. The molecule has 1 unspecified atom stereocenters. The average molecular weight is 334 g/mol. The summed E-state index contributed by atoms with van der Waals surface area (Å²) in [6.07, 6.45) is 0.109. The van der Waals surface area contributed by atoms with E-state index in [1.54, 1.807) is 13.0 Å². The number of benzene rings is 1. The average Bonchev–Trinajstić information content (AvgIpc) is 2.49. The highest BCUT2D eigenvalue weighted by Crippen LogP contribution is 2.36. The zero-order chi connectivity index (χ0) is 18.7. The summed E-state index contributed by atoms with van der Waals surface area (Å²) in [5.41, 5.74) is 1.74. The van der Waals surface area contributed by atoms with Crippen LogP contribution in [0, 0.1) is 10.1 Å². The number of allylic oxidation sites excluding steroid dienone is 1. The van der Waals surface area contributed by atoms with Crippen LogP contribution in [-0.2, 0) is 9.53 Å². The Morgan fingerprint density at radius 3 is 2.42 bits per heavy atom. The standard InChI is InChI=1S/C18H26N2O4/c1-12(2)14(11-17(21)24-7)13-8-9-15(16(10-13)20(22)23)19(6)18(3,4)5/h8-10,14H,1,11H2,2-7H3. The Balaban J connectivity index is 3.37. The fraction of sp³-hybridized carbons (Fsp3) is 0.500. The Morgan fingerprint density at radius 2 is 2.00 bits per heavy atom. The van der Waals surface area contributed by atoms with E-state index >= 15 is 0 Å². The molecule has 6 heteroatoms. The molecule has 0 N–H and O–H groups in total. The van der Waals surface area contributed by atoms with Gasteiger partial charge in [0.25, 0.3) is 5.69 Å². The largest absolute Gasteiger partial charge is 0.469 e. The SMILES string of the molecule is C=C(C)C(CC(=O)OC)c1ccc(N(C)C(C)(C)C)c([N+](=O)[O-])c1. The first-order valence-corrected chi connectivity index (χ1v) is 7.73. The van der Waals surface area contributed by atoms with Crippen molar-refractivity contribution in [3.63, 3.8) is 0 Å². The van der Waals surface area contributed by atoms with E-state index in [4.69, 9.17) is 4.74 Å². The molecule has 0 aliphatic carbocycles. The molecule has 0 saturated heterocycles. The number of nitro benzene ring substituents is 1. The van der Waals surface area contributed by atoms with Crippen LogP contribution >= 0.6 is 0 Å². The van der Waals surface area contributed by atoms with Crippen molar-refractivity contribution in [3.8, 4) is 0 Å². The molecular formula is C18H26N2O4. The second kappa shape index (κ2) is 7.47. The first-order chi connectivity index (χ1) is 11.0. The van der Waals surface area contributed by atoms with Crippen molar-refractivity contribution in [2.24, 2.45) is 0 Å². The molecule has 0 aromatic heterocycles. The monoisotopic (exact) mass is 334 g/mol. The molecule has 0 spiro atoms. The molecule has 0 saturated carbocycles. The molecule has 1 aromatic carbocycles. The van der Waals surface area contributed by atoms with Crippen molar-refractivity contribution in [2.75, 3.05) is 19.1 Å². The molecule has 1 atom stereocenters. The van der Waals surface area contributed by atoms with E-state index in [1.165, 1.54) is 13.2 Å². The highest BCUT2D eigenvalue weighted by molar-refractivity contribution is 5.72. The summed E-state index contributed by atoms with van der Waals surface area (Å²) in [5.74, 6) is -0.688. The van der Waals surface area contributed by atoms with Crippen molar-refractivity contribution in [3.05, 3.63) is 46.0 Å². The second-order valence-corrected chi connectivity index (χ2v) is 6.91. The van der Waals surface area contributed by atoms with E-state index in [1.807, 2.05) is 38.8 Å². The summed E-state index contributed by atoms with van der Waals surface area (Å²) in [6.45, 7) is 11.7. The zero-order valence-electron chi connectivity index (χ0n) is 15.3. The molecule has 24 heavy (non-hydrogen) atoms. The van der Waals surface area contributed by atoms with E-state index in [9.17, 15) is 14.9 Å². The van der Waals surface area contributed by atoms with Crippen molar-refractivity contribution in [1.82, 2.24) is 0 Å². The summed E-state index contributed by atoms with van der Waals surface area (Å²) < 4.78 is 4.71. The second-order valence-electron chi connectivity index (χ2n) is 6.91. The molecule has 0 amide bonds. The topological polar surface area (TPSA) is 72.7 Å². The predicted molar refractivity (Wildman–Crippen MR) is 95.4 cm³/mol. The van der Waals surface area contributed by atoms with Gasteiger partial charge in [0.1, 0.15) is 5.69 Å². The van der Waals surface area contributed by atoms with Crippen LogP contribution in [0.3, 0.4) is 0 Å². The van der Waals surface area contributed by atoms with Crippen molar-refractivity contribution >= 4 is 17.3 Å². The first kappa shape index (κ1) is 19.7. The smallest absolute Gasteiger partial charge is 0.306 e. The number of carbonyl (C=O) groups excluding carboxylic acids is 1. The maximum absolute atomic E-state index is 11.6. The lowest BCUT2D eigenvalue weighted by molar-refractivity contribution is -0.384. The van der Waals surface area contributed by atoms with Crippen molar-refractivity contribution in [2.45, 2.75) is 45.6 Å². The van der Waals surface area contributed by atoms with Gasteiger partial charge in [-0.15, -0.1) is 0 Å². The quantitative estimate of drug-likeness (QED) is 0.339. The minimum Gasteiger partial charge on any atom is -0.469 e. The summed E-state index contributed by atoms with van der Waals surface area (Å²) in [7, 11) is 3.15. The molecular weight excluding hydrogens is 308 g/mol. The third kappa shape index (κ3) is 4.57. The minimum atomic E-state index is -0.394. The van der Waals surface area contributed by atoms with E-state index in [0.29, 0.717) is 11.3 Å². The highest BCUT2D eigenvalue weighted by atomic mass is 16.6. The number of anilines is 1. The lowest BCUT2D eigenvalue weighted by atomic mass is 9.89. The Kier molecular flexibility index (Phi) is 6.12. The number of esters is 1. The number of rotatable bonds is 6. The molecule has 0 radical (unpaired) electrons. The third-order valence-electron chi connectivity index (χ3n) is 4.16. The molecule has 6 nitrogen and oxygen atoms in total. The third-order valence-corrected chi connectivity index (χ3v) is 4.16. The molecule has 0 heterocycles. The van der Waals surface area contributed by atoms with E-state index in [-0.39, 0.29) is 29.5 Å². The number of hydrogen-bond donors (Lipinski definition) is 0. The summed E-state index contributed by atoms with van der Waals surface area (Å²) in [5, 5.41) is 11.5. The lowest BCUT2D eigenvalue weighted by Gasteiger charge is -2.33. The fourth-order valence-electron chi connectivity index (χ4n) is 2.38. The normalized spacial score (nSPS) is 12.4. The maximum Gasteiger partial charge on any atom is 0.306 e. The van der Waals surface area contributed by atoms with Gasteiger partial charge in [0.15, 0.2) is 0 Å². The van der Waals surface area contributed by atoms with Crippen LogP contribution in [0.15, 0.2) is 30.4 Å². The van der Waals surface area contributed by atoms with Crippen LogP contribution in [0.1, 0.15) is 45.6 Å². The van der Waals surface area contributed by atoms with Crippen LogP contribution in [0.5, 0.6) is 0 Å². The molecule has 0 aliphatic rings. The van der Waals surface area contributed by atoms with Gasteiger partial charge in [-0.3, -0.25) is 14.9 Å². The van der Waals surface area contributed by atoms with Gasteiger partial charge in [0.2, 0.25) is 0 Å². The Labute approximate surface area is 143 Å². The van der Waals surface area contributed by atoms with Gasteiger partial charge >= 0.3 is 5.97 Å². The number of nitrogens with zero attached hydrogens (tertiary/aromatic N) is 2. The summed E-state index contributed by atoms with van der Waals surface area (Å²) in [6, 6.07) is 5.07. The van der Waals surface area contributed by atoms with Gasteiger partial charge in [-0.1, -0.05) is 18.2 Å².